The molecule has 4 atom stereocenters. The highest BCUT2D eigenvalue weighted by Gasteiger charge is 2.42. The van der Waals surface area contributed by atoms with E-state index in [1.54, 1.807) is 0 Å². The van der Waals surface area contributed by atoms with Gasteiger partial charge < -0.3 is 4.74 Å². The summed E-state index contributed by atoms with van der Waals surface area (Å²) < 4.78 is 6.14. The van der Waals surface area contributed by atoms with Crippen LogP contribution in [0.4, 0.5) is 0 Å². The van der Waals surface area contributed by atoms with Crippen molar-refractivity contribution in [3.8, 4) is 0 Å². The maximum absolute atomic E-state index is 6.14. The molecule has 0 bridgehead atoms. The van der Waals surface area contributed by atoms with Crippen molar-refractivity contribution in [2.75, 3.05) is 0 Å². The molecule has 0 aromatic heterocycles. The van der Waals surface area contributed by atoms with Gasteiger partial charge in [-0.3, -0.25) is 0 Å². The zero-order valence-corrected chi connectivity index (χ0v) is 9.24. The Morgan fingerprint density at radius 3 is 2.86 bits per heavy atom. The molecule has 1 aliphatic heterocycles. The van der Waals surface area contributed by atoms with Crippen LogP contribution in [0.1, 0.15) is 45.4 Å². The van der Waals surface area contributed by atoms with Crippen LogP contribution in [0.25, 0.3) is 0 Å². The van der Waals surface area contributed by atoms with Crippen LogP contribution < -0.4 is 0 Å². The third-order valence-corrected chi connectivity index (χ3v) is 3.87. The molecule has 14 heavy (non-hydrogen) atoms. The lowest BCUT2D eigenvalue weighted by Gasteiger charge is -2.25. The first-order chi connectivity index (χ1) is 6.86. The van der Waals surface area contributed by atoms with Crippen LogP contribution in [0.3, 0.4) is 0 Å². The molecule has 0 N–H and O–H groups in total. The molecular weight excluding hydrogens is 172 g/mol. The van der Waals surface area contributed by atoms with Gasteiger partial charge in [-0.15, -0.1) is 6.58 Å². The van der Waals surface area contributed by atoms with Crippen molar-refractivity contribution < 1.29 is 4.74 Å². The molecule has 1 saturated carbocycles. The van der Waals surface area contributed by atoms with Gasteiger partial charge in [0.1, 0.15) is 0 Å². The number of fused-ring (bicyclic) bond motifs is 1. The fourth-order valence-corrected chi connectivity index (χ4v) is 3.20. The van der Waals surface area contributed by atoms with Gasteiger partial charge in [-0.05, 0) is 25.2 Å². The first kappa shape index (κ1) is 10.2. The van der Waals surface area contributed by atoms with Gasteiger partial charge in [0.25, 0.3) is 0 Å². The van der Waals surface area contributed by atoms with Crippen molar-refractivity contribution in [1.82, 2.24) is 0 Å². The number of hydrogen-bond acceptors (Lipinski definition) is 1. The number of rotatable bonds is 3. The maximum atomic E-state index is 6.14. The third-order valence-electron chi connectivity index (χ3n) is 3.87. The van der Waals surface area contributed by atoms with Gasteiger partial charge in [-0.25, -0.2) is 0 Å². The zero-order chi connectivity index (χ0) is 9.97. The second-order valence-electron chi connectivity index (χ2n) is 4.76. The highest BCUT2D eigenvalue weighted by atomic mass is 16.5. The largest absolute Gasteiger partial charge is 0.374 e. The number of hydrogen-bond donors (Lipinski definition) is 0. The first-order valence-electron chi connectivity index (χ1n) is 6.14. The Bertz CT molecular complexity index is 199. The van der Waals surface area contributed by atoms with Gasteiger partial charge in [0.05, 0.1) is 12.2 Å². The van der Waals surface area contributed by atoms with Gasteiger partial charge in [-0.1, -0.05) is 32.3 Å². The predicted molar refractivity (Wildman–Crippen MR) is 59.2 cm³/mol. The Balaban J connectivity index is 2.04. The SMILES string of the molecule is C=CC1C(CCC)OC2CCCCC21. The van der Waals surface area contributed by atoms with E-state index in [0.717, 1.165) is 5.92 Å². The van der Waals surface area contributed by atoms with E-state index in [4.69, 9.17) is 4.74 Å². The lowest BCUT2D eigenvalue weighted by molar-refractivity contribution is 0.0134. The van der Waals surface area contributed by atoms with E-state index < -0.39 is 0 Å². The molecular formula is C13H22O. The van der Waals surface area contributed by atoms with Crippen LogP contribution in [0, 0.1) is 11.8 Å². The van der Waals surface area contributed by atoms with Crippen LogP contribution in [0.5, 0.6) is 0 Å². The summed E-state index contributed by atoms with van der Waals surface area (Å²) in [4.78, 5) is 0. The van der Waals surface area contributed by atoms with Gasteiger partial charge in [0.15, 0.2) is 0 Å². The molecule has 1 nitrogen and oxygen atoms in total. The molecule has 0 radical (unpaired) electrons. The smallest absolute Gasteiger partial charge is 0.0645 e. The summed E-state index contributed by atoms with van der Waals surface area (Å²) in [6.07, 6.45) is 11.0. The summed E-state index contributed by atoms with van der Waals surface area (Å²) in [6.45, 7) is 6.23. The molecule has 0 aromatic rings. The highest BCUT2D eigenvalue weighted by molar-refractivity contribution is 4.99. The van der Waals surface area contributed by atoms with Crippen molar-refractivity contribution >= 4 is 0 Å². The Labute approximate surface area is 87.5 Å². The molecule has 1 saturated heterocycles. The van der Waals surface area contributed by atoms with Crippen molar-refractivity contribution in [3.05, 3.63) is 12.7 Å². The van der Waals surface area contributed by atoms with E-state index >= 15 is 0 Å². The molecule has 1 heterocycles. The van der Waals surface area contributed by atoms with E-state index in [0.29, 0.717) is 18.1 Å². The summed E-state index contributed by atoms with van der Waals surface area (Å²) in [5.74, 6) is 1.43. The molecule has 80 valence electrons. The third kappa shape index (κ3) is 1.75. The van der Waals surface area contributed by atoms with Gasteiger partial charge in [0, 0.05) is 5.92 Å². The minimum atomic E-state index is 0.477. The molecule has 0 amide bonds. The van der Waals surface area contributed by atoms with Crippen molar-refractivity contribution in [2.24, 2.45) is 11.8 Å². The van der Waals surface area contributed by atoms with Gasteiger partial charge >= 0.3 is 0 Å². The van der Waals surface area contributed by atoms with Crippen LogP contribution in [0.2, 0.25) is 0 Å². The standard InChI is InChI=1S/C13H22O/c1-3-7-12-10(4-2)11-8-5-6-9-13(11)14-12/h4,10-13H,2-3,5-9H2,1H3. The molecule has 2 rings (SSSR count). The van der Waals surface area contributed by atoms with E-state index in [1.807, 2.05) is 0 Å². The number of ether oxygens (including phenoxy) is 1. The summed E-state index contributed by atoms with van der Waals surface area (Å²) >= 11 is 0. The predicted octanol–water partition coefficient (Wildman–Crippen LogP) is 3.55. The molecule has 0 spiro atoms. The Hall–Kier alpha value is -0.300. The lowest BCUT2D eigenvalue weighted by atomic mass is 9.78. The molecule has 4 unspecified atom stereocenters. The highest BCUT2D eigenvalue weighted by Crippen LogP contribution is 2.43. The van der Waals surface area contributed by atoms with E-state index in [2.05, 4.69) is 19.6 Å². The van der Waals surface area contributed by atoms with Crippen molar-refractivity contribution in [1.29, 1.82) is 0 Å². The minimum absolute atomic E-state index is 0.477. The average Bonchev–Trinajstić information content (AvgIpc) is 2.55. The maximum Gasteiger partial charge on any atom is 0.0645 e. The first-order valence-corrected chi connectivity index (χ1v) is 6.14. The quantitative estimate of drug-likeness (QED) is 0.624. The monoisotopic (exact) mass is 194 g/mol. The summed E-state index contributed by atoms with van der Waals surface area (Å²) in [5, 5.41) is 0. The molecule has 2 fully saturated rings. The molecule has 1 heteroatoms. The van der Waals surface area contributed by atoms with Gasteiger partial charge in [0.2, 0.25) is 0 Å². The normalized spacial score (nSPS) is 42.1. The second-order valence-corrected chi connectivity index (χ2v) is 4.76. The average molecular weight is 194 g/mol. The zero-order valence-electron chi connectivity index (χ0n) is 9.24. The summed E-state index contributed by atoms with van der Waals surface area (Å²) in [6, 6.07) is 0. The Morgan fingerprint density at radius 2 is 2.14 bits per heavy atom. The molecule has 2 aliphatic rings. The van der Waals surface area contributed by atoms with Crippen molar-refractivity contribution in [3.63, 3.8) is 0 Å². The Kier molecular flexibility index (Phi) is 3.27. The van der Waals surface area contributed by atoms with E-state index in [-0.39, 0.29) is 0 Å². The molecule has 1 aliphatic carbocycles. The van der Waals surface area contributed by atoms with Crippen LogP contribution in [0.15, 0.2) is 12.7 Å². The fourth-order valence-electron chi connectivity index (χ4n) is 3.20. The minimum Gasteiger partial charge on any atom is -0.374 e. The topological polar surface area (TPSA) is 9.23 Å². The summed E-state index contributed by atoms with van der Waals surface area (Å²) in [5.41, 5.74) is 0. The van der Waals surface area contributed by atoms with E-state index in [9.17, 15) is 0 Å². The van der Waals surface area contributed by atoms with Crippen LogP contribution in [-0.4, -0.2) is 12.2 Å². The second kappa shape index (κ2) is 4.48. The molecule has 0 aromatic carbocycles. The van der Waals surface area contributed by atoms with Crippen LogP contribution >= 0.6 is 0 Å². The lowest BCUT2D eigenvalue weighted by Crippen LogP contribution is -2.23. The fraction of sp³-hybridized carbons (Fsp3) is 0.846. The van der Waals surface area contributed by atoms with Gasteiger partial charge in [-0.2, -0.15) is 0 Å². The van der Waals surface area contributed by atoms with Crippen molar-refractivity contribution in [2.45, 2.75) is 57.7 Å². The Morgan fingerprint density at radius 1 is 1.36 bits per heavy atom. The summed E-state index contributed by atoms with van der Waals surface area (Å²) in [7, 11) is 0. The van der Waals surface area contributed by atoms with Crippen LogP contribution in [-0.2, 0) is 4.74 Å². The van der Waals surface area contributed by atoms with E-state index in [1.165, 1.54) is 38.5 Å².